The van der Waals surface area contributed by atoms with Gasteiger partial charge in [-0.25, -0.2) is 0 Å². The van der Waals surface area contributed by atoms with Crippen molar-refractivity contribution in [2.75, 3.05) is 13.1 Å². The Hall–Kier alpha value is -0.520. The van der Waals surface area contributed by atoms with Crippen LogP contribution in [0, 0.1) is 5.92 Å². The van der Waals surface area contributed by atoms with Gasteiger partial charge in [-0.2, -0.15) is 0 Å². The minimum Gasteiger partial charge on any atom is -0.330 e. The van der Waals surface area contributed by atoms with E-state index in [1.54, 1.807) is 0 Å². The van der Waals surface area contributed by atoms with Gasteiger partial charge in [-0.3, -0.25) is 4.90 Å². The minimum absolute atomic E-state index is 0.644. The highest BCUT2D eigenvalue weighted by atomic mass is 32.1. The molecule has 5 heteroatoms. The van der Waals surface area contributed by atoms with Crippen LogP contribution in [0.1, 0.15) is 18.2 Å². The maximum absolute atomic E-state index is 5.68. The van der Waals surface area contributed by atoms with Crippen LogP contribution >= 0.6 is 11.5 Å². The second kappa shape index (κ2) is 4.33. The highest BCUT2D eigenvalue weighted by Gasteiger charge is 2.28. The molecule has 0 saturated carbocycles. The van der Waals surface area contributed by atoms with Gasteiger partial charge in [-0.15, -0.1) is 5.10 Å². The molecule has 4 nitrogen and oxygen atoms in total. The number of hydrogen-bond donors (Lipinski definition) is 1. The van der Waals surface area contributed by atoms with E-state index in [9.17, 15) is 0 Å². The van der Waals surface area contributed by atoms with Crippen molar-refractivity contribution >= 4 is 11.5 Å². The Kier molecular flexibility index (Phi) is 3.10. The van der Waals surface area contributed by atoms with Crippen molar-refractivity contribution in [1.82, 2.24) is 14.5 Å². The van der Waals surface area contributed by atoms with E-state index >= 15 is 0 Å². The number of rotatable bonds is 3. The molecule has 1 aliphatic heterocycles. The lowest BCUT2D eigenvalue weighted by atomic mass is 10.1. The Bertz CT molecular complexity index is 274. The van der Waals surface area contributed by atoms with Gasteiger partial charge in [0.15, 0.2) is 0 Å². The van der Waals surface area contributed by atoms with Crippen molar-refractivity contribution in [2.45, 2.75) is 25.9 Å². The molecule has 2 atom stereocenters. The number of aromatic nitrogens is 2. The predicted molar refractivity (Wildman–Crippen MR) is 56.9 cm³/mol. The summed E-state index contributed by atoms with van der Waals surface area (Å²) in [5.74, 6) is 0.672. The first-order chi connectivity index (χ1) is 6.79. The summed E-state index contributed by atoms with van der Waals surface area (Å²) in [6, 6.07) is 0.644. The average Bonchev–Trinajstić information content (AvgIpc) is 2.78. The fourth-order valence-electron chi connectivity index (χ4n) is 2.07. The van der Waals surface area contributed by atoms with Crippen LogP contribution in [0.5, 0.6) is 0 Å². The summed E-state index contributed by atoms with van der Waals surface area (Å²) in [6.07, 6.45) is 3.08. The third-order valence-corrected chi connectivity index (χ3v) is 3.53. The molecule has 1 fully saturated rings. The van der Waals surface area contributed by atoms with Crippen molar-refractivity contribution < 1.29 is 0 Å². The van der Waals surface area contributed by atoms with Crippen LogP contribution in [-0.4, -0.2) is 33.6 Å². The zero-order valence-electron chi connectivity index (χ0n) is 8.39. The highest BCUT2D eigenvalue weighted by molar-refractivity contribution is 7.05. The summed E-state index contributed by atoms with van der Waals surface area (Å²) in [4.78, 5) is 3.71. The van der Waals surface area contributed by atoms with Crippen LogP contribution in [0.25, 0.3) is 0 Å². The molecule has 0 spiro atoms. The molecule has 78 valence electrons. The van der Waals surface area contributed by atoms with Gasteiger partial charge >= 0.3 is 0 Å². The van der Waals surface area contributed by atoms with Crippen molar-refractivity contribution in [3.05, 3.63) is 11.1 Å². The molecule has 2 unspecified atom stereocenters. The fourth-order valence-corrected chi connectivity index (χ4v) is 2.58. The largest absolute Gasteiger partial charge is 0.330 e. The molecule has 14 heavy (non-hydrogen) atoms. The van der Waals surface area contributed by atoms with E-state index in [2.05, 4.69) is 21.4 Å². The first-order valence-electron chi connectivity index (χ1n) is 5.00. The molecular formula is C9H16N4S. The second-order valence-electron chi connectivity index (χ2n) is 4.00. The van der Waals surface area contributed by atoms with E-state index in [1.165, 1.54) is 22.8 Å². The van der Waals surface area contributed by atoms with Gasteiger partial charge in [0.25, 0.3) is 0 Å². The van der Waals surface area contributed by atoms with Crippen LogP contribution in [0.15, 0.2) is 6.20 Å². The smallest absolute Gasteiger partial charge is 0.0666 e. The molecule has 0 aromatic carbocycles. The van der Waals surface area contributed by atoms with E-state index in [-0.39, 0.29) is 0 Å². The van der Waals surface area contributed by atoms with Crippen LogP contribution in [0.2, 0.25) is 0 Å². The molecule has 2 heterocycles. The maximum Gasteiger partial charge on any atom is 0.0666 e. The second-order valence-corrected chi connectivity index (χ2v) is 4.87. The topological polar surface area (TPSA) is 55.0 Å². The van der Waals surface area contributed by atoms with Crippen molar-refractivity contribution in [1.29, 1.82) is 0 Å². The number of nitrogens with zero attached hydrogens (tertiary/aromatic N) is 3. The van der Waals surface area contributed by atoms with E-state index in [0.29, 0.717) is 12.0 Å². The van der Waals surface area contributed by atoms with Crippen molar-refractivity contribution in [2.24, 2.45) is 11.7 Å². The Morgan fingerprint density at radius 3 is 3.14 bits per heavy atom. The van der Waals surface area contributed by atoms with Crippen LogP contribution < -0.4 is 5.73 Å². The monoisotopic (exact) mass is 212 g/mol. The lowest BCUT2D eigenvalue weighted by Crippen LogP contribution is -2.26. The lowest BCUT2D eigenvalue weighted by molar-refractivity contribution is 0.258. The third-order valence-electron chi connectivity index (χ3n) is 2.89. The quantitative estimate of drug-likeness (QED) is 0.801. The Labute approximate surface area is 88.3 Å². The van der Waals surface area contributed by atoms with Crippen LogP contribution in [-0.2, 0) is 6.54 Å². The van der Waals surface area contributed by atoms with Gasteiger partial charge in [-0.1, -0.05) is 4.49 Å². The van der Waals surface area contributed by atoms with E-state index < -0.39 is 0 Å². The molecule has 1 saturated heterocycles. The maximum atomic E-state index is 5.68. The average molecular weight is 212 g/mol. The Morgan fingerprint density at radius 1 is 1.71 bits per heavy atom. The highest BCUT2D eigenvalue weighted by Crippen LogP contribution is 2.24. The molecule has 2 rings (SSSR count). The van der Waals surface area contributed by atoms with Crippen molar-refractivity contribution in [3.8, 4) is 0 Å². The van der Waals surface area contributed by atoms with E-state index in [0.717, 1.165) is 19.6 Å². The number of nitrogens with two attached hydrogens (primary N) is 1. The molecule has 0 bridgehead atoms. The number of hydrogen-bond acceptors (Lipinski definition) is 5. The third kappa shape index (κ3) is 2.10. The molecule has 1 aromatic heterocycles. The van der Waals surface area contributed by atoms with Gasteiger partial charge in [0.1, 0.15) is 0 Å². The van der Waals surface area contributed by atoms with E-state index in [4.69, 9.17) is 5.73 Å². The molecule has 0 radical (unpaired) electrons. The lowest BCUT2D eigenvalue weighted by Gasteiger charge is -2.19. The molecular weight excluding hydrogens is 196 g/mol. The van der Waals surface area contributed by atoms with Gasteiger partial charge in [0.05, 0.1) is 11.1 Å². The molecule has 0 amide bonds. The summed E-state index contributed by atoms with van der Waals surface area (Å²) in [7, 11) is 0. The van der Waals surface area contributed by atoms with Crippen molar-refractivity contribution in [3.63, 3.8) is 0 Å². The van der Waals surface area contributed by atoms with E-state index in [1.807, 2.05) is 6.20 Å². The first kappa shape index (κ1) is 10.0. The zero-order chi connectivity index (χ0) is 9.97. The molecule has 1 aromatic rings. The molecule has 0 aliphatic carbocycles. The predicted octanol–water partition coefficient (Wildman–Crippen LogP) is 0.707. The van der Waals surface area contributed by atoms with Gasteiger partial charge < -0.3 is 5.73 Å². The first-order valence-corrected chi connectivity index (χ1v) is 5.77. The molecule has 1 aliphatic rings. The summed E-state index contributed by atoms with van der Waals surface area (Å²) in [5.41, 5.74) is 5.68. The van der Waals surface area contributed by atoms with Crippen LogP contribution in [0.3, 0.4) is 0 Å². The van der Waals surface area contributed by atoms with Crippen LogP contribution in [0.4, 0.5) is 0 Å². The minimum atomic E-state index is 0.644. The Balaban J connectivity index is 1.93. The summed E-state index contributed by atoms with van der Waals surface area (Å²) in [6.45, 7) is 5.18. The number of likely N-dealkylation sites (tertiary alicyclic amines) is 1. The summed E-state index contributed by atoms with van der Waals surface area (Å²) < 4.78 is 3.87. The SMILES string of the molecule is CC1CC(CN)CN1Cc1cnns1. The normalized spacial score (nSPS) is 28.4. The van der Waals surface area contributed by atoms with Gasteiger partial charge in [0.2, 0.25) is 0 Å². The Morgan fingerprint density at radius 2 is 2.57 bits per heavy atom. The molecule has 2 N–H and O–H groups in total. The standard InChI is InChI=1S/C9H16N4S/c1-7-2-8(3-10)5-13(7)6-9-4-11-12-14-9/h4,7-8H,2-3,5-6,10H2,1H3. The zero-order valence-corrected chi connectivity index (χ0v) is 9.20. The summed E-state index contributed by atoms with van der Waals surface area (Å²) >= 11 is 1.49. The fraction of sp³-hybridized carbons (Fsp3) is 0.778. The van der Waals surface area contributed by atoms with Gasteiger partial charge in [0, 0.05) is 19.1 Å². The van der Waals surface area contributed by atoms with Gasteiger partial charge in [-0.05, 0) is 37.3 Å². The summed E-state index contributed by atoms with van der Waals surface area (Å²) in [5, 5.41) is 3.85.